The Morgan fingerprint density at radius 1 is 1.17 bits per heavy atom. The van der Waals surface area contributed by atoms with Crippen LogP contribution in [-0.2, 0) is 4.79 Å². The van der Waals surface area contributed by atoms with Gasteiger partial charge in [0.15, 0.2) is 6.61 Å². The van der Waals surface area contributed by atoms with E-state index >= 15 is 0 Å². The van der Waals surface area contributed by atoms with Crippen molar-refractivity contribution < 1.29 is 14.3 Å². The Bertz CT molecular complexity index is 1000. The minimum Gasteiger partial charge on any atom is -0.484 e. The molecule has 1 aliphatic rings. The molecule has 0 unspecified atom stereocenters. The first-order valence-electron chi connectivity index (χ1n) is 10.5. The highest BCUT2D eigenvalue weighted by Gasteiger charge is 2.25. The van der Waals surface area contributed by atoms with Crippen LogP contribution < -0.4 is 9.47 Å². The Balaban J connectivity index is 1.25. The van der Waals surface area contributed by atoms with Gasteiger partial charge in [-0.3, -0.25) is 4.79 Å². The van der Waals surface area contributed by atoms with Crippen LogP contribution in [0.3, 0.4) is 0 Å². The van der Waals surface area contributed by atoms with Crippen molar-refractivity contribution >= 4 is 27.5 Å². The predicted molar refractivity (Wildman–Crippen MR) is 121 cm³/mol. The first-order valence-corrected chi connectivity index (χ1v) is 11.3. The maximum absolute atomic E-state index is 12.5. The fourth-order valence-electron chi connectivity index (χ4n) is 3.67. The lowest BCUT2D eigenvalue weighted by Crippen LogP contribution is -2.43. The molecule has 158 valence electrons. The molecule has 2 heterocycles. The van der Waals surface area contributed by atoms with Crippen molar-refractivity contribution in [3.8, 4) is 10.9 Å². The number of nitrogens with zero attached hydrogens (tertiary/aromatic N) is 2. The van der Waals surface area contributed by atoms with Gasteiger partial charge in [0, 0.05) is 25.9 Å². The Morgan fingerprint density at radius 2 is 1.90 bits per heavy atom. The number of amides is 1. The highest BCUT2D eigenvalue weighted by atomic mass is 32.1. The van der Waals surface area contributed by atoms with E-state index in [4.69, 9.17) is 9.47 Å². The number of hydrogen-bond donors (Lipinski definition) is 0. The van der Waals surface area contributed by atoms with Crippen LogP contribution in [0.25, 0.3) is 10.2 Å². The molecule has 5 nitrogen and oxygen atoms in total. The van der Waals surface area contributed by atoms with Crippen LogP contribution in [0.15, 0.2) is 42.5 Å². The minimum atomic E-state index is 0.0250. The van der Waals surface area contributed by atoms with Crippen molar-refractivity contribution in [2.75, 3.05) is 19.7 Å². The van der Waals surface area contributed by atoms with Gasteiger partial charge in [-0.2, -0.15) is 0 Å². The number of aryl methyl sites for hydroxylation is 1. The minimum absolute atomic E-state index is 0.0250. The molecule has 1 amide bonds. The third-order valence-corrected chi connectivity index (χ3v) is 6.48. The number of carbonyl (C=O) groups is 1. The number of thiazole rings is 1. The molecule has 0 saturated carbocycles. The summed E-state index contributed by atoms with van der Waals surface area (Å²) >= 11 is 1.59. The topological polar surface area (TPSA) is 51.7 Å². The summed E-state index contributed by atoms with van der Waals surface area (Å²) in [7, 11) is 0. The predicted octanol–water partition coefficient (Wildman–Crippen LogP) is 5.18. The molecule has 2 aromatic carbocycles. The Hall–Kier alpha value is -2.60. The van der Waals surface area contributed by atoms with Gasteiger partial charge in [-0.05, 0) is 42.2 Å². The third kappa shape index (κ3) is 4.75. The van der Waals surface area contributed by atoms with Crippen molar-refractivity contribution in [1.82, 2.24) is 9.88 Å². The molecule has 6 heteroatoms. The number of rotatable bonds is 6. The summed E-state index contributed by atoms with van der Waals surface area (Å²) in [6.07, 6.45) is 1.72. The molecule has 0 aliphatic carbocycles. The molecule has 0 spiro atoms. The average Bonchev–Trinajstić information content (AvgIpc) is 3.17. The fourth-order valence-corrected chi connectivity index (χ4v) is 4.63. The van der Waals surface area contributed by atoms with Crippen LogP contribution in [0.5, 0.6) is 10.9 Å². The van der Waals surface area contributed by atoms with Crippen LogP contribution in [0.4, 0.5) is 0 Å². The van der Waals surface area contributed by atoms with Gasteiger partial charge in [-0.25, -0.2) is 4.98 Å². The van der Waals surface area contributed by atoms with Crippen molar-refractivity contribution in [2.24, 2.45) is 0 Å². The number of hydrogen-bond acceptors (Lipinski definition) is 5. The van der Waals surface area contributed by atoms with Gasteiger partial charge in [0.25, 0.3) is 11.1 Å². The quantitative estimate of drug-likeness (QED) is 0.547. The standard InChI is InChI=1S/C24H28N2O3S/c1-16(2)18-7-9-19(10-8-18)28-15-22(27)26-13-11-20(12-14-26)29-24-25-23-17(3)5-4-6-21(23)30-24/h4-10,16,20H,11-15H2,1-3H3. The summed E-state index contributed by atoms with van der Waals surface area (Å²) in [5.74, 6) is 1.24. The highest BCUT2D eigenvalue weighted by Crippen LogP contribution is 2.31. The largest absolute Gasteiger partial charge is 0.484 e. The Morgan fingerprint density at radius 3 is 2.57 bits per heavy atom. The lowest BCUT2D eigenvalue weighted by molar-refractivity contribution is -0.135. The first kappa shape index (κ1) is 20.7. The lowest BCUT2D eigenvalue weighted by atomic mass is 10.0. The van der Waals surface area contributed by atoms with E-state index in [2.05, 4.69) is 50.0 Å². The zero-order valence-electron chi connectivity index (χ0n) is 17.8. The number of ether oxygens (including phenoxy) is 2. The second-order valence-electron chi connectivity index (χ2n) is 8.11. The second kappa shape index (κ2) is 9.04. The van der Waals surface area contributed by atoms with Crippen LogP contribution in [0.2, 0.25) is 0 Å². The van der Waals surface area contributed by atoms with E-state index in [-0.39, 0.29) is 18.6 Å². The zero-order valence-corrected chi connectivity index (χ0v) is 18.6. The monoisotopic (exact) mass is 424 g/mol. The molecular formula is C24H28N2O3S. The molecule has 1 saturated heterocycles. The van der Waals surface area contributed by atoms with E-state index < -0.39 is 0 Å². The van der Waals surface area contributed by atoms with E-state index in [1.54, 1.807) is 11.3 Å². The normalized spacial score (nSPS) is 15.0. The first-order chi connectivity index (χ1) is 14.5. The maximum atomic E-state index is 12.5. The highest BCUT2D eigenvalue weighted by molar-refractivity contribution is 7.20. The number of aromatic nitrogens is 1. The molecule has 30 heavy (non-hydrogen) atoms. The van der Waals surface area contributed by atoms with E-state index in [9.17, 15) is 4.79 Å². The lowest BCUT2D eigenvalue weighted by Gasteiger charge is -2.31. The maximum Gasteiger partial charge on any atom is 0.274 e. The van der Waals surface area contributed by atoms with Crippen LogP contribution >= 0.6 is 11.3 Å². The van der Waals surface area contributed by atoms with Crippen molar-refractivity contribution in [1.29, 1.82) is 0 Å². The summed E-state index contributed by atoms with van der Waals surface area (Å²) < 4.78 is 13.0. The summed E-state index contributed by atoms with van der Waals surface area (Å²) in [4.78, 5) is 19.0. The summed E-state index contributed by atoms with van der Waals surface area (Å²) in [6.45, 7) is 7.82. The van der Waals surface area contributed by atoms with Gasteiger partial charge in [0.05, 0.1) is 10.2 Å². The van der Waals surface area contributed by atoms with Gasteiger partial charge < -0.3 is 14.4 Å². The molecule has 1 aromatic heterocycles. The zero-order chi connectivity index (χ0) is 21.1. The van der Waals surface area contributed by atoms with Gasteiger partial charge >= 0.3 is 0 Å². The molecule has 0 N–H and O–H groups in total. The van der Waals surface area contributed by atoms with Crippen LogP contribution in [0.1, 0.15) is 43.7 Å². The van der Waals surface area contributed by atoms with E-state index in [0.717, 1.165) is 39.6 Å². The summed E-state index contributed by atoms with van der Waals surface area (Å²) in [5, 5.41) is 0.720. The number of carbonyl (C=O) groups excluding carboxylic acids is 1. The summed E-state index contributed by atoms with van der Waals surface area (Å²) in [6, 6.07) is 14.2. The summed E-state index contributed by atoms with van der Waals surface area (Å²) in [5.41, 5.74) is 3.44. The Kier molecular flexibility index (Phi) is 6.23. The molecule has 1 aliphatic heterocycles. The molecule has 1 fully saturated rings. The molecule has 0 atom stereocenters. The smallest absolute Gasteiger partial charge is 0.274 e. The molecular weight excluding hydrogens is 396 g/mol. The van der Waals surface area contributed by atoms with Crippen molar-refractivity contribution in [3.05, 3.63) is 53.6 Å². The van der Waals surface area contributed by atoms with Gasteiger partial charge in [0.1, 0.15) is 11.9 Å². The van der Waals surface area contributed by atoms with Crippen molar-refractivity contribution in [2.45, 2.75) is 45.6 Å². The van der Waals surface area contributed by atoms with Crippen LogP contribution in [0, 0.1) is 6.92 Å². The third-order valence-electron chi connectivity index (χ3n) is 5.57. The molecule has 0 bridgehead atoms. The van der Waals surface area contributed by atoms with Gasteiger partial charge in [-0.15, -0.1) is 0 Å². The number of likely N-dealkylation sites (tertiary alicyclic amines) is 1. The van der Waals surface area contributed by atoms with E-state index in [0.29, 0.717) is 19.0 Å². The fraction of sp³-hybridized carbons (Fsp3) is 0.417. The Labute approximate surface area is 181 Å². The number of fused-ring (bicyclic) bond motifs is 1. The molecule has 4 rings (SSSR count). The number of piperidine rings is 1. The van der Waals surface area contributed by atoms with Gasteiger partial charge in [-0.1, -0.05) is 49.4 Å². The number of para-hydroxylation sites is 1. The second-order valence-corrected chi connectivity index (χ2v) is 9.11. The molecule has 3 aromatic rings. The van der Waals surface area contributed by atoms with E-state index in [1.165, 1.54) is 5.56 Å². The SMILES string of the molecule is Cc1cccc2sc(OC3CCN(C(=O)COc4ccc(C(C)C)cc4)CC3)nc12. The molecule has 0 radical (unpaired) electrons. The van der Waals surface area contributed by atoms with Crippen LogP contribution in [-0.4, -0.2) is 41.6 Å². The van der Waals surface area contributed by atoms with Gasteiger partial charge in [0.2, 0.25) is 0 Å². The number of benzene rings is 2. The average molecular weight is 425 g/mol. The van der Waals surface area contributed by atoms with Crippen molar-refractivity contribution in [3.63, 3.8) is 0 Å². The van der Waals surface area contributed by atoms with E-state index in [1.807, 2.05) is 23.1 Å².